The van der Waals surface area contributed by atoms with E-state index in [1.54, 1.807) is 17.4 Å². The van der Waals surface area contributed by atoms with Crippen LogP contribution in [0.25, 0.3) is 16.3 Å². The van der Waals surface area contributed by atoms with Crippen molar-refractivity contribution in [3.63, 3.8) is 0 Å². The number of rotatable bonds is 2. The molecular formula is C11H7N3OS. The van der Waals surface area contributed by atoms with Crippen molar-refractivity contribution in [3.8, 4) is 10.7 Å². The Morgan fingerprint density at radius 2 is 2.19 bits per heavy atom. The summed E-state index contributed by atoms with van der Waals surface area (Å²) in [4.78, 5) is 11.9. The first-order valence-electron chi connectivity index (χ1n) is 4.73. The number of aldehydes is 1. The summed E-state index contributed by atoms with van der Waals surface area (Å²) in [5.74, 6) is 0.772. The normalized spacial score (nSPS) is 10.8. The molecule has 0 fully saturated rings. The van der Waals surface area contributed by atoms with Crippen LogP contribution in [0.15, 0.2) is 35.8 Å². The highest BCUT2D eigenvalue weighted by Crippen LogP contribution is 2.23. The van der Waals surface area contributed by atoms with E-state index >= 15 is 0 Å². The zero-order chi connectivity index (χ0) is 11.0. The van der Waals surface area contributed by atoms with Crippen molar-refractivity contribution in [3.05, 3.63) is 41.4 Å². The molecule has 0 radical (unpaired) electrons. The molecule has 78 valence electrons. The molecule has 0 aliphatic heterocycles. The van der Waals surface area contributed by atoms with Crippen LogP contribution < -0.4 is 0 Å². The fourth-order valence-electron chi connectivity index (χ4n) is 1.60. The topological polar surface area (TPSA) is 47.3 Å². The Labute approximate surface area is 95.2 Å². The summed E-state index contributed by atoms with van der Waals surface area (Å²) >= 11 is 1.60. The Morgan fingerprint density at radius 3 is 2.94 bits per heavy atom. The molecular weight excluding hydrogens is 222 g/mol. The van der Waals surface area contributed by atoms with Gasteiger partial charge >= 0.3 is 0 Å². The minimum Gasteiger partial charge on any atom is -0.298 e. The van der Waals surface area contributed by atoms with E-state index in [1.807, 2.05) is 34.2 Å². The summed E-state index contributed by atoms with van der Waals surface area (Å²) < 4.78 is 1.83. The SMILES string of the molecule is O=Cc1cccn2c(-c3cccs3)nnc12. The summed E-state index contributed by atoms with van der Waals surface area (Å²) in [6, 6.07) is 7.49. The van der Waals surface area contributed by atoms with Gasteiger partial charge in [0, 0.05) is 6.20 Å². The highest BCUT2D eigenvalue weighted by Gasteiger charge is 2.10. The molecule has 3 heterocycles. The summed E-state index contributed by atoms with van der Waals surface area (Å²) in [6.07, 6.45) is 2.65. The molecule has 0 saturated heterocycles. The van der Waals surface area contributed by atoms with Crippen LogP contribution in [0.4, 0.5) is 0 Å². The van der Waals surface area contributed by atoms with E-state index in [0.29, 0.717) is 11.2 Å². The molecule has 0 saturated carbocycles. The fourth-order valence-corrected chi connectivity index (χ4v) is 2.31. The predicted octanol–water partition coefficient (Wildman–Crippen LogP) is 2.27. The lowest BCUT2D eigenvalue weighted by Crippen LogP contribution is -1.91. The Morgan fingerprint density at radius 1 is 1.25 bits per heavy atom. The number of hydrogen-bond acceptors (Lipinski definition) is 4. The van der Waals surface area contributed by atoms with Gasteiger partial charge in [0.25, 0.3) is 0 Å². The van der Waals surface area contributed by atoms with Crippen LogP contribution in [0.3, 0.4) is 0 Å². The Hall–Kier alpha value is -2.01. The first kappa shape index (κ1) is 9.23. The number of carbonyl (C=O) groups excluding carboxylic acids is 1. The van der Waals surface area contributed by atoms with Crippen molar-refractivity contribution in [2.75, 3.05) is 0 Å². The fraction of sp³-hybridized carbons (Fsp3) is 0. The molecule has 0 unspecified atom stereocenters. The molecule has 0 atom stereocenters. The third-order valence-corrected chi connectivity index (χ3v) is 3.20. The van der Waals surface area contributed by atoms with Crippen LogP contribution in [-0.2, 0) is 0 Å². The number of aromatic nitrogens is 3. The highest BCUT2D eigenvalue weighted by atomic mass is 32.1. The van der Waals surface area contributed by atoms with Crippen molar-refractivity contribution in [1.82, 2.24) is 14.6 Å². The van der Waals surface area contributed by atoms with Gasteiger partial charge in [-0.15, -0.1) is 21.5 Å². The van der Waals surface area contributed by atoms with Crippen molar-refractivity contribution in [2.45, 2.75) is 0 Å². The van der Waals surface area contributed by atoms with Gasteiger partial charge in [-0.25, -0.2) is 0 Å². The molecule has 3 aromatic rings. The van der Waals surface area contributed by atoms with Crippen LogP contribution in [0, 0.1) is 0 Å². The van der Waals surface area contributed by atoms with E-state index in [2.05, 4.69) is 10.2 Å². The van der Waals surface area contributed by atoms with Gasteiger partial charge in [0.05, 0.1) is 10.4 Å². The Bertz CT molecular complexity index is 642. The lowest BCUT2D eigenvalue weighted by Gasteiger charge is -1.97. The van der Waals surface area contributed by atoms with E-state index in [9.17, 15) is 4.79 Å². The number of pyridine rings is 1. The van der Waals surface area contributed by atoms with Gasteiger partial charge in [-0.05, 0) is 23.6 Å². The molecule has 0 amide bonds. The lowest BCUT2D eigenvalue weighted by atomic mass is 10.3. The van der Waals surface area contributed by atoms with Gasteiger partial charge in [-0.1, -0.05) is 6.07 Å². The van der Waals surface area contributed by atoms with Crippen LogP contribution in [0.2, 0.25) is 0 Å². The standard InChI is InChI=1S/C11H7N3OS/c15-7-8-3-1-5-14-10(8)12-13-11(14)9-4-2-6-16-9/h1-7H. The number of nitrogens with zero attached hydrogens (tertiary/aromatic N) is 3. The van der Waals surface area contributed by atoms with Crippen molar-refractivity contribution >= 4 is 23.3 Å². The summed E-state index contributed by atoms with van der Waals surface area (Å²) in [5, 5.41) is 10.1. The van der Waals surface area contributed by atoms with Crippen LogP contribution in [0.5, 0.6) is 0 Å². The van der Waals surface area contributed by atoms with E-state index in [0.717, 1.165) is 17.0 Å². The Balaban J connectivity index is 2.33. The molecule has 3 aromatic heterocycles. The second-order valence-electron chi connectivity index (χ2n) is 3.28. The third-order valence-electron chi connectivity index (χ3n) is 2.33. The van der Waals surface area contributed by atoms with E-state index in [4.69, 9.17) is 0 Å². The third kappa shape index (κ3) is 1.25. The molecule has 3 rings (SSSR count). The smallest absolute Gasteiger partial charge is 0.178 e. The van der Waals surface area contributed by atoms with Crippen LogP contribution in [-0.4, -0.2) is 20.9 Å². The second-order valence-corrected chi connectivity index (χ2v) is 4.22. The van der Waals surface area contributed by atoms with E-state index in [-0.39, 0.29) is 0 Å². The number of thiophene rings is 1. The lowest BCUT2D eigenvalue weighted by molar-refractivity contribution is 0.112. The van der Waals surface area contributed by atoms with Gasteiger partial charge in [0.15, 0.2) is 17.8 Å². The minimum atomic E-state index is 0.554. The Kier molecular flexibility index (Phi) is 2.04. The van der Waals surface area contributed by atoms with Crippen molar-refractivity contribution < 1.29 is 4.79 Å². The zero-order valence-electron chi connectivity index (χ0n) is 8.20. The van der Waals surface area contributed by atoms with Gasteiger partial charge in [0.2, 0.25) is 0 Å². The summed E-state index contributed by atoms with van der Waals surface area (Å²) in [5.41, 5.74) is 1.15. The molecule has 0 bridgehead atoms. The molecule has 4 nitrogen and oxygen atoms in total. The average Bonchev–Trinajstić information content (AvgIpc) is 2.96. The molecule has 0 spiro atoms. The maximum atomic E-state index is 10.8. The number of carbonyl (C=O) groups is 1. The molecule has 0 aromatic carbocycles. The first-order valence-corrected chi connectivity index (χ1v) is 5.61. The maximum Gasteiger partial charge on any atom is 0.178 e. The molecule has 0 aliphatic rings. The van der Waals surface area contributed by atoms with Crippen molar-refractivity contribution in [1.29, 1.82) is 0 Å². The maximum absolute atomic E-state index is 10.8. The van der Waals surface area contributed by atoms with Crippen LogP contribution in [0.1, 0.15) is 10.4 Å². The van der Waals surface area contributed by atoms with Gasteiger partial charge in [0.1, 0.15) is 0 Å². The highest BCUT2D eigenvalue weighted by molar-refractivity contribution is 7.13. The average molecular weight is 229 g/mol. The van der Waals surface area contributed by atoms with E-state index < -0.39 is 0 Å². The molecule has 0 N–H and O–H groups in total. The van der Waals surface area contributed by atoms with Gasteiger partial charge < -0.3 is 0 Å². The summed E-state index contributed by atoms with van der Waals surface area (Å²) in [6.45, 7) is 0. The quantitative estimate of drug-likeness (QED) is 0.633. The molecule has 5 heteroatoms. The minimum absolute atomic E-state index is 0.554. The molecule has 16 heavy (non-hydrogen) atoms. The zero-order valence-corrected chi connectivity index (χ0v) is 9.02. The predicted molar refractivity (Wildman–Crippen MR) is 61.7 cm³/mol. The van der Waals surface area contributed by atoms with Gasteiger partial charge in [-0.2, -0.15) is 0 Å². The van der Waals surface area contributed by atoms with Crippen LogP contribution >= 0.6 is 11.3 Å². The number of hydrogen-bond donors (Lipinski definition) is 0. The monoisotopic (exact) mass is 229 g/mol. The van der Waals surface area contributed by atoms with Gasteiger partial charge in [-0.3, -0.25) is 9.20 Å². The number of fused-ring (bicyclic) bond motifs is 1. The molecule has 0 aliphatic carbocycles. The summed E-state index contributed by atoms with van der Waals surface area (Å²) in [7, 11) is 0. The first-order chi connectivity index (χ1) is 7.90. The van der Waals surface area contributed by atoms with Crippen molar-refractivity contribution in [2.24, 2.45) is 0 Å². The largest absolute Gasteiger partial charge is 0.298 e. The second kappa shape index (κ2) is 3.53. The van der Waals surface area contributed by atoms with E-state index in [1.165, 1.54) is 0 Å².